The molecule has 2 N–H and O–H groups in total. The number of carbonyl (C=O) groups is 2. The number of rotatable bonds is 9. The van der Waals surface area contributed by atoms with Gasteiger partial charge >= 0.3 is 12.0 Å². The molecule has 0 saturated carbocycles. The number of aliphatic carboxylic acids is 1. The molecule has 0 saturated heterocycles. The summed E-state index contributed by atoms with van der Waals surface area (Å²) >= 11 is 1.54. The highest BCUT2D eigenvalue weighted by atomic mass is 32.2. The second kappa shape index (κ2) is 9.58. The number of amides is 2. The van der Waals surface area contributed by atoms with Crippen LogP contribution in [0, 0.1) is 0 Å². The maximum absolute atomic E-state index is 11.9. The maximum Gasteiger partial charge on any atom is 0.326 e. The van der Waals surface area contributed by atoms with Gasteiger partial charge in [-0.1, -0.05) is 12.2 Å². The summed E-state index contributed by atoms with van der Waals surface area (Å²) in [6.07, 6.45) is 5.46. The lowest BCUT2D eigenvalue weighted by Gasteiger charge is -2.22. The Hall–Kier alpha value is -1.43. The first-order valence-corrected chi connectivity index (χ1v) is 6.95. The fourth-order valence-corrected chi connectivity index (χ4v) is 1.76. The zero-order valence-electron chi connectivity index (χ0n) is 10.6. The highest BCUT2D eigenvalue weighted by Crippen LogP contribution is 2.02. The fraction of sp³-hybridized carbons (Fsp3) is 0.500. The Labute approximate surface area is 112 Å². The SMILES string of the molecule is C=CCN(CC=C)C(=O)NC(CCSC)C(=O)O. The lowest BCUT2D eigenvalue weighted by Crippen LogP contribution is -2.48. The van der Waals surface area contributed by atoms with Gasteiger partial charge in [0.15, 0.2) is 0 Å². The van der Waals surface area contributed by atoms with Gasteiger partial charge in [-0.3, -0.25) is 0 Å². The minimum absolute atomic E-state index is 0.354. The molecule has 2 amide bonds. The monoisotopic (exact) mass is 272 g/mol. The zero-order valence-corrected chi connectivity index (χ0v) is 11.4. The predicted octanol–water partition coefficient (Wildman–Crippen LogP) is 1.58. The molecule has 6 heteroatoms. The maximum atomic E-state index is 11.9. The highest BCUT2D eigenvalue weighted by Gasteiger charge is 2.21. The van der Waals surface area contributed by atoms with Crippen molar-refractivity contribution < 1.29 is 14.7 Å². The Morgan fingerprint density at radius 1 is 1.39 bits per heavy atom. The first-order valence-electron chi connectivity index (χ1n) is 5.55. The van der Waals surface area contributed by atoms with Crippen LogP contribution in [0.15, 0.2) is 25.3 Å². The number of hydrogen-bond donors (Lipinski definition) is 2. The molecular weight excluding hydrogens is 252 g/mol. The molecule has 0 aromatic heterocycles. The molecule has 0 heterocycles. The molecule has 0 aromatic carbocycles. The van der Waals surface area contributed by atoms with E-state index in [0.29, 0.717) is 25.3 Å². The molecule has 102 valence electrons. The molecule has 0 aromatic rings. The van der Waals surface area contributed by atoms with Crippen LogP contribution in [0.3, 0.4) is 0 Å². The number of nitrogens with one attached hydrogen (secondary N) is 1. The van der Waals surface area contributed by atoms with E-state index in [0.717, 1.165) is 0 Å². The Bertz CT molecular complexity index is 298. The number of nitrogens with zero attached hydrogens (tertiary/aromatic N) is 1. The van der Waals surface area contributed by atoms with Crippen molar-refractivity contribution in [3.05, 3.63) is 25.3 Å². The molecule has 0 aliphatic carbocycles. The molecule has 0 aliphatic rings. The molecule has 1 unspecified atom stereocenters. The summed E-state index contributed by atoms with van der Waals surface area (Å²) < 4.78 is 0. The van der Waals surface area contributed by atoms with Gasteiger partial charge in [-0.25, -0.2) is 9.59 Å². The molecule has 0 bridgehead atoms. The van der Waals surface area contributed by atoms with Crippen molar-refractivity contribution in [3.63, 3.8) is 0 Å². The number of carbonyl (C=O) groups excluding carboxylic acids is 1. The van der Waals surface area contributed by atoms with Crippen LogP contribution in [0.4, 0.5) is 4.79 Å². The summed E-state index contributed by atoms with van der Waals surface area (Å²) in [5.74, 6) is -0.338. The van der Waals surface area contributed by atoms with E-state index in [1.54, 1.807) is 23.9 Å². The van der Waals surface area contributed by atoms with E-state index in [9.17, 15) is 9.59 Å². The summed E-state index contributed by atoms with van der Waals surface area (Å²) in [5.41, 5.74) is 0. The third-order valence-corrected chi connectivity index (χ3v) is 2.84. The predicted molar refractivity (Wildman–Crippen MR) is 74.9 cm³/mol. The molecule has 5 nitrogen and oxygen atoms in total. The number of urea groups is 1. The molecule has 0 spiro atoms. The second-order valence-electron chi connectivity index (χ2n) is 3.60. The largest absolute Gasteiger partial charge is 0.480 e. The normalized spacial score (nSPS) is 11.4. The van der Waals surface area contributed by atoms with E-state index in [1.165, 1.54) is 4.90 Å². The fourth-order valence-electron chi connectivity index (χ4n) is 1.29. The summed E-state index contributed by atoms with van der Waals surface area (Å²) in [6.45, 7) is 7.81. The zero-order chi connectivity index (χ0) is 14.0. The van der Waals surface area contributed by atoms with Gasteiger partial charge in [0.1, 0.15) is 6.04 Å². The third-order valence-electron chi connectivity index (χ3n) is 2.19. The van der Waals surface area contributed by atoms with E-state index < -0.39 is 18.0 Å². The standard InChI is InChI=1S/C12H20N2O3S/c1-4-7-14(8-5-2)12(17)13-10(11(15)16)6-9-18-3/h4-5,10H,1-2,6-9H2,3H3,(H,13,17)(H,15,16). The van der Waals surface area contributed by atoms with Crippen molar-refractivity contribution in [2.24, 2.45) is 0 Å². The Morgan fingerprint density at radius 3 is 2.33 bits per heavy atom. The van der Waals surface area contributed by atoms with Gasteiger partial charge < -0.3 is 15.3 Å². The van der Waals surface area contributed by atoms with Crippen LogP contribution >= 0.6 is 11.8 Å². The number of carboxylic acids is 1. The van der Waals surface area contributed by atoms with E-state index in [-0.39, 0.29) is 0 Å². The van der Waals surface area contributed by atoms with E-state index in [2.05, 4.69) is 18.5 Å². The van der Waals surface area contributed by atoms with Crippen molar-refractivity contribution in [1.82, 2.24) is 10.2 Å². The molecule has 0 fully saturated rings. The van der Waals surface area contributed by atoms with E-state index >= 15 is 0 Å². The molecule has 0 aliphatic heterocycles. The van der Waals surface area contributed by atoms with Gasteiger partial charge in [0.05, 0.1) is 0 Å². The molecule has 1 atom stereocenters. The van der Waals surface area contributed by atoms with Gasteiger partial charge in [-0.2, -0.15) is 11.8 Å². The van der Waals surface area contributed by atoms with Crippen molar-refractivity contribution in [1.29, 1.82) is 0 Å². The first-order chi connectivity index (χ1) is 8.56. The molecule has 0 rings (SSSR count). The van der Waals surface area contributed by atoms with Crippen molar-refractivity contribution in [2.75, 3.05) is 25.1 Å². The third kappa shape index (κ3) is 6.34. The van der Waals surface area contributed by atoms with Crippen molar-refractivity contribution in [3.8, 4) is 0 Å². The van der Waals surface area contributed by atoms with Crippen LogP contribution in [0.2, 0.25) is 0 Å². The van der Waals surface area contributed by atoms with Gasteiger partial charge in [0, 0.05) is 13.1 Å². The second-order valence-corrected chi connectivity index (χ2v) is 4.59. The van der Waals surface area contributed by atoms with Gasteiger partial charge in [-0.05, 0) is 18.4 Å². The quantitative estimate of drug-likeness (QED) is 0.625. The molecule has 18 heavy (non-hydrogen) atoms. The Kier molecular flexibility index (Phi) is 8.82. The average molecular weight is 272 g/mol. The minimum atomic E-state index is -1.02. The van der Waals surface area contributed by atoms with Crippen LogP contribution in [-0.2, 0) is 4.79 Å². The van der Waals surface area contributed by atoms with Crippen LogP contribution in [-0.4, -0.2) is 53.1 Å². The van der Waals surface area contributed by atoms with Gasteiger partial charge in [0.25, 0.3) is 0 Å². The van der Waals surface area contributed by atoms with Gasteiger partial charge in [0.2, 0.25) is 0 Å². The van der Waals surface area contributed by atoms with Gasteiger partial charge in [-0.15, -0.1) is 13.2 Å². The Balaban J connectivity index is 4.48. The van der Waals surface area contributed by atoms with E-state index in [4.69, 9.17) is 5.11 Å². The topological polar surface area (TPSA) is 69.6 Å². The summed E-state index contributed by atoms with van der Waals surface area (Å²) in [6, 6.07) is -1.27. The molecule has 0 radical (unpaired) electrons. The van der Waals surface area contributed by atoms with Crippen LogP contribution in [0.5, 0.6) is 0 Å². The number of thioether (sulfide) groups is 1. The summed E-state index contributed by atoms with van der Waals surface area (Å²) in [4.78, 5) is 24.3. The highest BCUT2D eigenvalue weighted by molar-refractivity contribution is 7.98. The summed E-state index contributed by atoms with van der Waals surface area (Å²) in [7, 11) is 0. The van der Waals surface area contributed by atoms with Crippen LogP contribution in [0.1, 0.15) is 6.42 Å². The van der Waals surface area contributed by atoms with Crippen LogP contribution < -0.4 is 5.32 Å². The summed E-state index contributed by atoms with van der Waals surface area (Å²) in [5, 5.41) is 11.5. The minimum Gasteiger partial charge on any atom is -0.480 e. The lowest BCUT2D eigenvalue weighted by molar-refractivity contribution is -0.139. The molecular formula is C12H20N2O3S. The number of hydrogen-bond acceptors (Lipinski definition) is 3. The van der Waals surface area contributed by atoms with Crippen molar-refractivity contribution >= 4 is 23.8 Å². The Morgan fingerprint density at radius 2 is 1.94 bits per heavy atom. The van der Waals surface area contributed by atoms with Crippen molar-refractivity contribution in [2.45, 2.75) is 12.5 Å². The average Bonchev–Trinajstić information content (AvgIpc) is 2.33. The smallest absolute Gasteiger partial charge is 0.326 e. The first kappa shape index (κ1) is 16.6. The number of carboxylic acid groups (broad SMARTS) is 1. The van der Waals surface area contributed by atoms with Crippen LogP contribution in [0.25, 0.3) is 0 Å². The van der Waals surface area contributed by atoms with E-state index in [1.807, 2.05) is 6.26 Å². The lowest BCUT2D eigenvalue weighted by atomic mass is 10.2.